The Morgan fingerprint density at radius 3 is 2.25 bits per heavy atom. The molecule has 6 heteroatoms. The number of carbonyl (C=O) groups excluding carboxylic acids is 3. The van der Waals surface area contributed by atoms with E-state index < -0.39 is 6.09 Å². The molecule has 1 saturated heterocycles. The number of benzene rings is 1. The monoisotopic (exact) mass is 326 g/mol. The molecule has 0 unspecified atom stereocenters. The Morgan fingerprint density at radius 1 is 1.12 bits per heavy atom. The van der Waals surface area contributed by atoms with E-state index in [1.807, 2.05) is 0 Å². The molecule has 1 aromatic rings. The molecule has 1 saturated carbocycles. The Kier molecular flexibility index (Phi) is 3.40. The van der Waals surface area contributed by atoms with Gasteiger partial charge in [0.05, 0.1) is 24.1 Å². The second kappa shape index (κ2) is 5.47. The van der Waals surface area contributed by atoms with Gasteiger partial charge in [0.25, 0.3) is 0 Å². The fraction of sp³-hybridized carbons (Fsp3) is 0.389. The van der Waals surface area contributed by atoms with Crippen molar-refractivity contribution in [1.82, 2.24) is 0 Å². The molecule has 2 aliphatic carbocycles. The molecule has 1 N–H and O–H groups in total. The molecular formula is C18H18N2O4. The molecule has 124 valence electrons. The quantitative estimate of drug-likeness (QED) is 0.684. The van der Waals surface area contributed by atoms with Crippen LogP contribution in [0.15, 0.2) is 36.4 Å². The van der Waals surface area contributed by atoms with Crippen LogP contribution in [-0.2, 0) is 14.3 Å². The van der Waals surface area contributed by atoms with E-state index >= 15 is 0 Å². The molecule has 1 aliphatic heterocycles. The highest BCUT2D eigenvalue weighted by molar-refractivity contribution is 6.22. The zero-order valence-corrected chi connectivity index (χ0v) is 13.3. The first kappa shape index (κ1) is 14.9. The minimum Gasteiger partial charge on any atom is -0.450 e. The molecule has 0 radical (unpaired) electrons. The van der Waals surface area contributed by atoms with E-state index in [9.17, 15) is 14.4 Å². The molecule has 24 heavy (non-hydrogen) atoms. The molecule has 4 atom stereocenters. The van der Waals surface area contributed by atoms with E-state index in [0.717, 1.165) is 6.42 Å². The summed E-state index contributed by atoms with van der Waals surface area (Å²) in [5.41, 5.74) is 1.10. The van der Waals surface area contributed by atoms with Gasteiger partial charge in [-0.3, -0.25) is 19.8 Å². The van der Waals surface area contributed by atoms with Crippen molar-refractivity contribution in [2.24, 2.45) is 23.7 Å². The maximum absolute atomic E-state index is 12.7. The first-order valence-corrected chi connectivity index (χ1v) is 8.20. The maximum Gasteiger partial charge on any atom is 0.411 e. The van der Waals surface area contributed by atoms with Crippen molar-refractivity contribution in [3.8, 4) is 0 Å². The Morgan fingerprint density at radius 2 is 1.71 bits per heavy atom. The van der Waals surface area contributed by atoms with Gasteiger partial charge in [0, 0.05) is 5.69 Å². The number of hydrogen-bond donors (Lipinski definition) is 1. The summed E-state index contributed by atoms with van der Waals surface area (Å²) < 4.78 is 4.82. The first-order valence-electron chi connectivity index (χ1n) is 8.20. The Labute approximate surface area is 139 Å². The zero-order valence-electron chi connectivity index (χ0n) is 13.3. The number of carbonyl (C=O) groups is 3. The van der Waals surface area contributed by atoms with E-state index in [0.29, 0.717) is 18.0 Å². The Hall–Kier alpha value is -2.63. The highest BCUT2D eigenvalue weighted by Gasteiger charge is 2.59. The average molecular weight is 326 g/mol. The van der Waals surface area contributed by atoms with Crippen molar-refractivity contribution < 1.29 is 19.1 Å². The number of fused-ring (bicyclic) bond motifs is 5. The second-order valence-electron chi connectivity index (χ2n) is 6.40. The molecule has 2 bridgehead atoms. The van der Waals surface area contributed by atoms with Crippen molar-refractivity contribution in [2.45, 2.75) is 13.3 Å². The third-order valence-corrected chi connectivity index (χ3v) is 5.12. The van der Waals surface area contributed by atoms with E-state index in [4.69, 9.17) is 4.74 Å². The number of allylic oxidation sites excluding steroid dienone is 2. The summed E-state index contributed by atoms with van der Waals surface area (Å²) in [5, 5.41) is 2.59. The number of rotatable bonds is 3. The average Bonchev–Trinajstić information content (AvgIpc) is 3.23. The molecule has 1 aromatic carbocycles. The van der Waals surface area contributed by atoms with Gasteiger partial charge in [0.15, 0.2) is 0 Å². The van der Waals surface area contributed by atoms with Gasteiger partial charge in [-0.2, -0.15) is 0 Å². The standard InChI is InChI=1S/C18H18N2O4/c1-2-24-18(23)19-12-5-7-13(8-6-12)20-16(21)14-10-3-4-11(9-10)15(14)17(20)22/h3-8,10-11,14-15H,2,9H2,1H3,(H,19,23)/t10-,11-,14-,15-/m0/s1. The van der Waals surface area contributed by atoms with Crippen LogP contribution in [0.1, 0.15) is 13.3 Å². The molecule has 1 heterocycles. The van der Waals surface area contributed by atoms with E-state index in [1.165, 1.54) is 4.90 Å². The van der Waals surface area contributed by atoms with Crippen LogP contribution in [0, 0.1) is 23.7 Å². The lowest BCUT2D eigenvalue weighted by Gasteiger charge is -2.17. The van der Waals surface area contributed by atoms with Gasteiger partial charge in [-0.25, -0.2) is 4.79 Å². The number of amides is 3. The number of hydrogen-bond acceptors (Lipinski definition) is 4. The topological polar surface area (TPSA) is 75.7 Å². The van der Waals surface area contributed by atoms with Crippen molar-refractivity contribution in [3.63, 3.8) is 0 Å². The number of imide groups is 1. The molecule has 3 amide bonds. The molecule has 4 rings (SSSR count). The van der Waals surface area contributed by atoms with Gasteiger partial charge < -0.3 is 4.74 Å². The van der Waals surface area contributed by atoms with Crippen LogP contribution in [0.5, 0.6) is 0 Å². The van der Waals surface area contributed by atoms with Gasteiger partial charge in [-0.15, -0.1) is 0 Å². The normalized spacial score (nSPS) is 30.0. The summed E-state index contributed by atoms with van der Waals surface area (Å²) in [7, 11) is 0. The second-order valence-corrected chi connectivity index (χ2v) is 6.40. The summed E-state index contributed by atoms with van der Waals surface area (Å²) in [6.45, 7) is 2.02. The summed E-state index contributed by atoms with van der Waals surface area (Å²) in [6.07, 6.45) is 4.54. The molecular weight excluding hydrogens is 308 g/mol. The smallest absolute Gasteiger partial charge is 0.411 e. The number of ether oxygens (including phenoxy) is 1. The SMILES string of the molecule is CCOC(=O)Nc1ccc(N2C(=O)[C@@H]3[C@@H](C2=O)[C@H]2C=C[C@H]3C2)cc1. The molecule has 0 aromatic heterocycles. The summed E-state index contributed by atoms with van der Waals surface area (Å²) >= 11 is 0. The molecule has 2 fully saturated rings. The molecule has 3 aliphatic rings. The zero-order chi connectivity index (χ0) is 16.8. The number of nitrogens with one attached hydrogen (secondary N) is 1. The fourth-order valence-electron chi connectivity index (χ4n) is 4.14. The number of nitrogens with zero attached hydrogens (tertiary/aromatic N) is 1. The summed E-state index contributed by atoms with van der Waals surface area (Å²) in [5.74, 6) is -0.215. The highest BCUT2D eigenvalue weighted by Crippen LogP contribution is 2.53. The van der Waals surface area contributed by atoms with Crippen LogP contribution >= 0.6 is 0 Å². The lowest BCUT2D eigenvalue weighted by Crippen LogP contribution is -2.32. The molecule has 6 nitrogen and oxygen atoms in total. The van der Waals surface area contributed by atoms with Gasteiger partial charge in [-0.05, 0) is 49.4 Å². The summed E-state index contributed by atoms with van der Waals surface area (Å²) in [6, 6.07) is 6.67. The first-order chi connectivity index (χ1) is 11.6. The van der Waals surface area contributed by atoms with Crippen molar-refractivity contribution >= 4 is 29.3 Å². The van der Waals surface area contributed by atoms with Gasteiger partial charge in [0.2, 0.25) is 11.8 Å². The summed E-state index contributed by atoms with van der Waals surface area (Å²) in [4.78, 5) is 38.1. The van der Waals surface area contributed by atoms with Crippen molar-refractivity contribution in [2.75, 3.05) is 16.8 Å². The highest BCUT2D eigenvalue weighted by atomic mass is 16.5. The van der Waals surface area contributed by atoms with Gasteiger partial charge in [-0.1, -0.05) is 12.2 Å². The van der Waals surface area contributed by atoms with Crippen LogP contribution in [0.25, 0.3) is 0 Å². The van der Waals surface area contributed by atoms with Crippen molar-refractivity contribution in [1.29, 1.82) is 0 Å². The van der Waals surface area contributed by atoms with E-state index in [2.05, 4.69) is 17.5 Å². The predicted octanol–water partition coefficient (Wildman–Crippen LogP) is 2.57. The van der Waals surface area contributed by atoms with Gasteiger partial charge >= 0.3 is 6.09 Å². The van der Waals surface area contributed by atoms with Crippen molar-refractivity contribution in [3.05, 3.63) is 36.4 Å². The minimum atomic E-state index is -0.532. The third-order valence-electron chi connectivity index (χ3n) is 5.12. The van der Waals surface area contributed by atoms with Crippen LogP contribution in [0.3, 0.4) is 0 Å². The predicted molar refractivity (Wildman–Crippen MR) is 87.3 cm³/mol. The molecule has 0 spiro atoms. The minimum absolute atomic E-state index is 0.104. The van der Waals surface area contributed by atoms with E-state index in [1.54, 1.807) is 31.2 Å². The van der Waals surface area contributed by atoms with Gasteiger partial charge in [0.1, 0.15) is 0 Å². The lowest BCUT2D eigenvalue weighted by atomic mass is 9.85. The lowest BCUT2D eigenvalue weighted by molar-refractivity contribution is -0.123. The van der Waals surface area contributed by atoms with Crippen LogP contribution in [0.2, 0.25) is 0 Å². The largest absolute Gasteiger partial charge is 0.450 e. The third kappa shape index (κ3) is 2.13. The fourth-order valence-corrected chi connectivity index (χ4v) is 4.14. The number of anilines is 2. The Balaban J connectivity index is 1.53. The van der Waals surface area contributed by atoms with E-state index in [-0.39, 0.29) is 35.5 Å². The maximum atomic E-state index is 12.7. The van der Waals surface area contributed by atoms with Crippen LogP contribution < -0.4 is 10.2 Å². The van der Waals surface area contributed by atoms with Crippen LogP contribution in [-0.4, -0.2) is 24.5 Å². The van der Waals surface area contributed by atoms with Crippen LogP contribution in [0.4, 0.5) is 16.2 Å². The Bertz CT molecular complexity index is 710.